The Morgan fingerprint density at radius 2 is 1.05 bits per heavy atom. The molecule has 37 heavy (non-hydrogen) atoms. The number of hydrogen-bond acceptors (Lipinski definition) is 8. The monoisotopic (exact) mass is 518 g/mol. The summed E-state index contributed by atoms with van der Waals surface area (Å²) in [4.78, 5) is 70.7. The first-order chi connectivity index (χ1) is 17.4. The third-order valence-corrected chi connectivity index (χ3v) is 6.50. The van der Waals surface area contributed by atoms with Crippen molar-refractivity contribution in [2.75, 3.05) is 13.1 Å². The van der Waals surface area contributed by atoms with Gasteiger partial charge < -0.3 is 40.5 Å². The van der Waals surface area contributed by atoms with E-state index in [0.717, 1.165) is 0 Å². The molecule has 0 fully saturated rings. The second-order valence-corrected chi connectivity index (χ2v) is 8.78. The molecule has 0 spiro atoms. The molecule has 0 saturated carbocycles. The summed E-state index contributed by atoms with van der Waals surface area (Å²) >= 11 is 0. The number of amides is 2. The first kappa shape index (κ1) is 25.8. The fourth-order valence-electron chi connectivity index (χ4n) is 4.90. The molecule has 0 saturated heterocycles. The zero-order valence-corrected chi connectivity index (χ0v) is 19.1. The average Bonchev–Trinajstić information content (AvgIpc) is 3.58. The predicted octanol–water partition coefficient (Wildman–Crippen LogP) is -1.26. The fraction of sp³-hybridized carbons (Fsp3) is 0.391. The summed E-state index contributed by atoms with van der Waals surface area (Å²) in [6.45, 7) is -0.625. The van der Waals surface area contributed by atoms with Crippen molar-refractivity contribution in [3.63, 3.8) is 0 Å². The molecule has 0 aromatic carbocycles. The lowest BCUT2D eigenvalue weighted by Gasteiger charge is -2.25. The van der Waals surface area contributed by atoms with E-state index >= 15 is 0 Å². The van der Waals surface area contributed by atoms with Crippen molar-refractivity contribution >= 4 is 35.7 Å². The van der Waals surface area contributed by atoms with E-state index in [1.165, 1.54) is 24.3 Å². The predicted molar refractivity (Wildman–Crippen MR) is 118 cm³/mol. The normalized spacial score (nSPS) is 28.6. The molecule has 0 aromatic rings. The summed E-state index contributed by atoms with van der Waals surface area (Å²) in [6.07, 6.45) is 3.38. The van der Waals surface area contributed by atoms with Gasteiger partial charge in [0.15, 0.2) is 0 Å². The maximum absolute atomic E-state index is 12.3. The van der Waals surface area contributed by atoms with Crippen LogP contribution in [0, 0.1) is 0 Å². The molecule has 2 amide bonds. The number of carboxylic acid groups (broad SMARTS) is 4. The lowest BCUT2D eigenvalue weighted by atomic mass is 9.86. The third kappa shape index (κ3) is 4.40. The van der Waals surface area contributed by atoms with E-state index in [2.05, 4.69) is 10.6 Å². The third-order valence-electron chi connectivity index (χ3n) is 6.50. The molecule has 4 atom stereocenters. The van der Waals surface area contributed by atoms with Crippen LogP contribution < -0.4 is 10.6 Å². The van der Waals surface area contributed by atoms with Gasteiger partial charge in [-0.15, -0.1) is 0 Å². The van der Waals surface area contributed by atoms with Gasteiger partial charge in [0.2, 0.25) is 11.8 Å². The van der Waals surface area contributed by atoms with Crippen LogP contribution in [0.25, 0.3) is 0 Å². The molecule has 4 heterocycles. The van der Waals surface area contributed by atoms with Crippen molar-refractivity contribution in [1.82, 2.24) is 10.6 Å². The number of ether oxygens (including phenoxy) is 2. The average molecular weight is 518 g/mol. The summed E-state index contributed by atoms with van der Waals surface area (Å²) in [6, 6.07) is 0. The van der Waals surface area contributed by atoms with Gasteiger partial charge in [-0.2, -0.15) is 0 Å². The SMILES string of the molecule is O=C(CCCC(=O)NCC12C=CC(O1)C(C(=O)O)=C2C(=O)O)NCC12C=CC(O1)C(C(=O)O)=C2C(=O)O. The minimum Gasteiger partial charge on any atom is -0.478 e. The Kier molecular flexibility index (Phi) is 6.48. The molecule has 14 heteroatoms. The molecule has 0 aromatic heterocycles. The van der Waals surface area contributed by atoms with Crippen LogP contribution in [-0.2, 0) is 38.2 Å². The molecule has 196 valence electrons. The number of carbonyl (C=O) groups excluding carboxylic acids is 2. The van der Waals surface area contributed by atoms with Gasteiger partial charge in [-0.05, 0) is 18.6 Å². The molecule has 4 aliphatic heterocycles. The smallest absolute Gasteiger partial charge is 0.335 e. The van der Waals surface area contributed by atoms with Gasteiger partial charge in [-0.3, -0.25) is 9.59 Å². The highest BCUT2D eigenvalue weighted by atomic mass is 16.5. The quantitative estimate of drug-likeness (QED) is 0.166. The number of carboxylic acids is 4. The van der Waals surface area contributed by atoms with Crippen LogP contribution in [0.1, 0.15) is 19.3 Å². The summed E-state index contributed by atoms with van der Waals surface area (Å²) < 4.78 is 11.1. The number of nitrogens with one attached hydrogen (secondary N) is 2. The Labute approximate surface area is 207 Å². The maximum Gasteiger partial charge on any atom is 0.335 e. The van der Waals surface area contributed by atoms with Crippen molar-refractivity contribution in [3.05, 3.63) is 46.6 Å². The van der Waals surface area contributed by atoms with Crippen molar-refractivity contribution in [1.29, 1.82) is 0 Å². The van der Waals surface area contributed by atoms with Gasteiger partial charge >= 0.3 is 23.9 Å². The zero-order valence-electron chi connectivity index (χ0n) is 19.1. The number of aliphatic carboxylic acids is 4. The summed E-state index contributed by atoms with van der Waals surface area (Å²) in [5, 5.41) is 42.6. The molecule has 6 N–H and O–H groups in total. The van der Waals surface area contributed by atoms with Crippen LogP contribution in [0.4, 0.5) is 0 Å². The number of carbonyl (C=O) groups is 6. The molecular formula is C23H22N2O12. The van der Waals surface area contributed by atoms with Crippen LogP contribution in [0.5, 0.6) is 0 Å². The lowest BCUT2D eigenvalue weighted by Crippen LogP contribution is -2.44. The fourth-order valence-corrected chi connectivity index (χ4v) is 4.90. The maximum atomic E-state index is 12.3. The van der Waals surface area contributed by atoms with Crippen LogP contribution in [-0.4, -0.2) is 92.6 Å². The van der Waals surface area contributed by atoms with Crippen molar-refractivity contribution < 1.29 is 58.7 Å². The van der Waals surface area contributed by atoms with Crippen molar-refractivity contribution in [2.45, 2.75) is 42.7 Å². The van der Waals surface area contributed by atoms with E-state index < -0.39 is 81.4 Å². The number of rotatable bonds is 12. The summed E-state index contributed by atoms with van der Waals surface area (Å²) in [5.41, 5.74) is -4.91. The molecule has 4 unspecified atom stereocenters. The van der Waals surface area contributed by atoms with Gasteiger partial charge in [0.05, 0.1) is 35.4 Å². The minimum absolute atomic E-state index is 0.0836. The van der Waals surface area contributed by atoms with Gasteiger partial charge in [0, 0.05) is 12.8 Å². The Balaban J connectivity index is 1.26. The van der Waals surface area contributed by atoms with E-state index in [9.17, 15) is 49.2 Å². The zero-order chi connectivity index (χ0) is 27.1. The molecule has 4 aliphatic rings. The minimum atomic E-state index is -1.60. The van der Waals surface area contributed by atoms with Crippen LogP contribution in [0.15, 0.2) is 46.6 Å². The van der Waals surface area contributed by atoms with Gasteiger partial charge in [0.1, 0.15) is 23.4 Å². The highest BCUT2D eigenvalue weighted by Crippen LogP contribution is 2.44. The molecular weight excluding hydrogens is 496 g/mol. The summed E-state index contributed by atoms with van der Waals surface area (Å²) in [5.74, 6) is -6.86. The Hall–Kier alpha value is -4.30. The van der Waals surface area contributed by atoms with Crippen LogP contribution >= 0.6 is 0 Å². The Morgan fingerprint density at radius 3 is 1.38 bits per heavy atom. The lowest BCUT2D eigenvalue weighted by molar-refractivity contribution is -0.136. The van der Waals surface area contributed by atoms with Gasteiger partial charge in [-0.25, -0.2) is 19.2 Å². The van der Waals surface area contributed by atoms with E-state index in [1.807, 2.05) is 0 Å². The summed E-state index contributed by atoms with van der Waals surface area (Å²) in [7, 11) is 0. The van der Waals surface area contributed by atoms with Gasteiger partial charge in [0.25, 0.3) is 0 Å². The van der Waals surface area contributed by atoms with E-state index in [-0.39, 0.29) is 32.4 Å². The largest absolute Gasteiger partial charge is 0.478 e. The molecule has 0 radical (unpaired) electrons. The van der Waals surface area contributed by atoms with Crippen molar-refractivity contribution in [2.24, 2.45) is 0 Å². The topological polar surface area (TPSA) is 226 Å². The molecule has 14 nitrogen and oxygen atoms in total. The van der Waals surface area contributed by atoms with Crippen LogP contribution in [0.3, 0.4) is 0 Å². The van der Waals surface area contributed by atoms with Crippen molar-refractivity contribution in [3.8, 4) is 0 Å². The van der Waals surface area contributed by atoms with Gasteiger partial charge in [-0.1, -0.05) is 12.2 Å². The first-order valence-electron chi connectivity index (χ1n) is 11.1. The Bertz CT molecular complexity index is 1150. The molecule has 0 aliphatic carbocycles. The standard InChI is InChI=1S/C23H22N2O12/c26-12(24-8-22-6-4-10(36-22)14(18(28)29)16(22)20(32)33)2-1-3-13(27)25-9-23-7-5-11(37-23)15(19(30)31)17(23)21(34)35/h4-7,10-11H,1-3,8-9H2,(H,24,26)(H,25,27)(H,28,29)(H,30,31)(H,32,33)(H,34,35). The molecule has 4 rings (SSSR count). The van der Waals surface area contributed by atoms with E-state index in [4.69, 9.17) is 9.47 Å². The van der Waals surface area contributed by atoms with E-state index in [1.54, 1.807) is 0 Å². The highest BCUT2D eigenvalue weighted by molar-refractivity contribution is 6.04. The van der Waals surface area contributed by atoms with E-state index in [0.29, 0.717) is 0 Å². The number of fused-ring (bicyclic) bond motifs is 4. The first-order valence-corrected chi connectivity index (χ1v) is 11.1. The van der Waals surface area contributed by atoms with Crippen LogP contribution in [0.2, 0.25) is 0 Å². The second-order valence-electron chi connectivity index (χ2n) is 8.78. The number of hydrogen-bond donors (Lipinski definition) is 6. The Morgan fingerprint density at radius 1 is 0.676 bits per heavy atom. The molecule has 4 bridgehead atoms. The highest BCUT2D eigenvalue weighted by Gasteiger charge is 2.55. The second kappa shape index (κ2) is 9.29.